The van der Waals surface area contributed by atoms with Gasteiger partial charge in [0.2, 0.25) is 0 Å². The van der Waals surface area contributed by atoms with Gasteiger partial charge in [0, 0.05) is 18.7 Å². The van der Waals surface area contributed by atoms with Crippen LogP contribution in [0.5, 0.6) is 5.75 Å². The van der Waals surface area contributed by atoms with Crippen LogP contribution in [0.15, 0.2) is 24.3 Å². The quantitative estimate of drug-likeness (QED) is 0.447. The largest absolute Gasteiger partial charge is 0.491 e. The summed E-state index contributed by atoms with van der Waals surface area (Å²) in [5.74, 6) is 0.533. The average molecular weight is 326 g/mol. The van der Waals surface area contributed by atoms with Gasteiger partial charge in [-0.25, -0.2) is 4.79 Å². The number of ether oxygens (including phenoxy) is 3. The van der Waals surface area contributed by atoms with Crippen LogP contribution in [-0.4, -0.2) is 43.0 Å². The highest BCUT2D eigenvalue weighted by Gasteiger charge is 2.15. The van der Waals surface area contributed by atoms with Crippen LogP contribution < -0.4 is 10.1 Å². The maximum atomic E-state index is 11.3. The Morgan fingerprint density at radius 1 is 1.17 bits per heavy atom. The summed E-state index contributed by atoms with van der Waals surface area (Å²) >= 11 is 0. The molecule has 1 N–H and O–H groups in total. The highest BCUT2D eigenvalue weighted by atomic mass is 16.6. The van der Waals surface area contributed by atoms with Crippen LogP contribution in [-0.2, 0) is 9.47 Å². The number of benzene rings is 1. The molecule has 1 aromatic rings. The summed E-state index contributed by atoms with van der Waals surface area (Å²) < 4.78 is 15.7. The summed E-state index contributed by atoms with van der Waals surface area (Å²) in [6.07, 6.45) is -0.483. The van der Waals surface area contributed by atoms with E-state index in [2.05, 4.69) is 5.32 Å². The second-order valence-corrected chi connectivity index (χ2v) is 5.64. The van der Waals surface area contributed by atoms with Gasteiger partial charge in [-0.05, 0) is 32.9 Å². The van der Waals surface area contributed by atoms with Gasteiger partial charge in [0.15, 0.2) is 0 Å². The maximum Gasteiger partial charge on any atom is 0.407 e. The molecule has 0 saturated heterocycles. The van der Waals surface area contributed by atoms with Crippen LogP contribution >= 0.6 is 0 Å². The number of nitro benzene ring substituents is 1. The third-order valence-electron chi connectivity index (χ3n) is 2.46. The Morgan fingerprint density at radius 2 is 1.83 bits per heavy atom. The smallest absolute Gasteiger partial charge is 0.407 e. The molecule has 0 heterocycles. The SMILES string of the molecule is CC(C)(C)OC(=O)NCCOCCOc1ccc([N+](=O)[O-])cc1. The van der Waals surface area contributed by atoms with Crippen LogP contribution in [0.1, 0.15) is 20.8 Å². The Hall–Kier alpha value is -2.35. The van der Waals surface area contributed by atoms with Crippen LogP contribution in [0.25, 0.3) is 0 Å². The first-order chi connectivity index (χ1) is 10.8. The van der Waals surface area contributed by atoms with Crippen LogP contribution in [0, 0.1) is 10.1 Å². The number of carbonyl (C=O) groups excluding carboxylic acids is 1. The predicted molar refractivity (Wildman–Crippen MR) is 83.6 cm³/mol. The minimum Gasteiger partial charge on any atom is -0.491 e. The summed E-state index contributed by atoms with van der Waals surface area (Å²) in [6, 6.07) is 5.81. The van der Waals surface area contributed by atoms with Crippen molar-refractivity contribution >= 4 is 11.8 Å². The Balaban J connectivity index is 2.07. The number of alkyl carbamates (subject to hydrolysis) is 1. The zero-order valence-electron chi connectivity index (χ0n) is 13.5. The Morgan fingerprint density at radius 3 is 2.39 bits per heavy atom. The third kappa shape index (κ3) is 8.62. The molecule has 0 aromatic heterocycles. The van der Waals surface area contributed by atoms with Gasteiger partial charge in [-0.2, -0.15) is 0 Å². The zero-order chi connectivity index (χ0) is 17.3. The molecule has 0 bridgehead atoms. The number of nitro groups is 1. The Labute approximate surface area is 134 Å². The standard InChI is InChI=1S/C15H22N2O6/c1-15(2,3)23-14(18)16-8-9-21-10-11-22-13-6-4-12(5-7-13)17(19)20/h4-7H,8-11H2,1-3H3,(H,16,18). The molecule has 128 valence electrons. The van der Waals surface area contributed by atoms with E-state index >= 15 is 0 Å². The van der Waals surface area contributed by atoms with Gasteiger partial charge in [-0.1, -0.05) is 0 Å². The number of hydrogen-bond donors (Lipinski definition) is 1. The fraction of sp³-hybridized carbons (Fsp3) is 0.533. The Bertz CT molecular complexity index is 510. The van der Waals surface area contributed by atoms with Gasteiger partial charge >= 0.3 is 6.09 Å². The molecule has 0 aliphatic heterocycles. The molecule has 1 amide bonds. The van der Waals surface area contributed by atoms with Crippen molar-refractivity contribution in [2.75, 3.05) is 26.4 Å². The van der Waals surface area contributed by atoms with Crippen molar-refractivity contribution in [1.82, 2.24) is 5.32 Å². The normalized spacial score (nSPS) is 10.9. The Kier molecular flexibility index (Phi) is 7.27. The number of rotatable bonds is 8. The molecule has 8 nitrogen and oxygen atoms in total. The van der Waals surface area contributed by atoms with Crippen LogP contribution in [0.2, 0.25) is 0 Å². The first kappa shape index (κ1) is 18.7. The molecule has 23 heavy (non-hydrogen) atoms. The van der Waals surface area contributed by atoms with Gasteiger partial charge in [-0.15, -0.1) is 0 Å². The predicted octanol–water partition coefficient (Wildman–Crippen LogP) is 2.51. The molecule has 8 heteroatoms. The van der Waals surface area contributed by atoms with Crippen molar-refractivity contribution in [2.45, 2.75) is 26.4 Å². The lowest BCUT2D eigenvalue weighted by atomic mass is 10.2. The molecule has 0 aliphatic rings. The number of hydrogen-bond acceptors (Lipinski definition) is 6. The second kappa shape index (κ2) is 8.94. The van der Waals surface area contributed by atoms with E-state index in [9.17, 15) is 14.9 Å². The molecule has 0 atom stereocenters. The summed E-state index contributed by atoms with van der Waals surface area (Å²) in [6.45, 7) is 6.70. The van der Waals surface area contributed by atoms with Gasteiger partial charge < -0.3 is 19.5 Å². The first-order valence-corrected chi connectivity index (χ1v) is 7.20. The topological polar surface area (TPSA) is 99.9 Å². The lowest BCUT2D eigenvalue weighted by molar-refractivity contribution is -0.384. The van der Waals surface area contributed by atoms with Crippen LogP contribution in [0.4, 0.5) is 10.5 Å². The van der Waals surface area contributed by atoms with E-state index in [0.717, 1.165) is 0 Å². The van der Waals surface area contributed by atoms with Gasteiger partial charge in [0.1, 0.15) is 18.0 Å². The highest BCUT2D eigenvalue weighted by Crippen LogP contribution is 2.17. The number of amides is 1. The van der Waals surface area contributed by atoms with Crippen molar-refractivity contribution in [3.8, 4) is 5.75 Å². The molecule has 0 aliphatic carbocycles. The molecule has 0 unspecified atom stereocenters. The van der Waals surface area contributed by atoms with E-state index in [1.807, 2.05) is 0 Å². The number of nitrogens with zero attached hydrogens (tertiary/aromatic N) is 1. The van der Waals surface area contributed by atoms with E-state index in [0.29, 0.717) is 32.1 Å². The first-order valence-electron chi connectivity index (χ1n) is 7.20. The number of non-ortho nitro benzene ring substituents is 1. The van der Waals surface area contributed by atoms with Crippen LogP contribution in [0.3, 0.4) is 0 Å². The van der Waals surface area contributed by atoms with Gasteiger partial charge in [-0.3, -0.25) is 10.1 Å². The lowest BCUT2D eigenvalue weighted by Gasteiger charge is -2.19. The van der Waals surface area contributed by atoms with Crippen molar-refractivity contribution < 1.29 is 23.9 Å². The van der Waals surface area contributed by atoms with E-state index in [1.54, 1.807) is 20.8 Å². The summed E-state index contributed by atoms with van der Waals surface area (Å²) in [7, 11) is 0. The molecule has 1 aromatic carbocycles. The molecular formula is C15H22N2O6. The summed E-state index contributed by atoms with van der Waals surface area (Å²) in [5, 5.41) is 13.1. The zero-order valence-corrected chi connectivity index (χ0v) is 13.5. The van der Waals surface area contributed by atoms with Gasteiger partial charge in [0.05, 0.1) is 18.1 Å². The second-order valence-electron chi connectivity index (χ2n) is 5.64. The minimum atomic E-state index is -0.524. The van der Waals surface area contributed by atoms with E-state index in [-0.39, 0.29) is 5.69 Å². The molecular weight excluding hydrogens is 304 g/mol. The lowest BCUT2D eigenvalue weighted by Crippen LogP contribution is -2.34. The monoisotopic (exact) mass is 326 g/mol. The van der Waals surface area contributed by atoms with Crippen molar-refractivity contribution in [1.29, 1.82) is 0 Å². The average Bonchev–Trinajstić information content (AvgIpc) is 2.45. The highest BCUT2D eigenvalue weighted by molar-refractivity contribution is 5.67. The van der Waals surface area contributed by atoms with E-state index in [4.69, 9.17) is 14.2 Å². The van der Waals surface area contributed by atoms with Crippen molar-refractivity contribution in [3.63, 3.8) is 0 Å². The fourth-order valence-corrected chi connectivity index (χ4v) is 1.52. The number of nitrogens with one attached hydrogen (secondary N) is 1. The molecule has 0 radical (unpaired) electrons. The van der Waals surface area contributed by atoms with Crippen molar-refractivity contribution in [3.05, 3.63) is 34.4 Å². The van der Waals surface area contributed by atoms with E-state index < -0.39 is 16.6 Å². The fourth-order valence-electron chi connectivity index (χ4n) is 1.52. The molecule has 1 rings (SSSR count). The molecule has 0 saturated carbocycles. The summed E-state index contributed by atoms with van der Waals surface area (Å²) in [5.41, 5.74) is -0.509. The van der Waals surface area contributed by atoms with E-state index in [1.165, 1.54) is 24.3 Å². The maximum absolute atomic E-state index is 11.3. The third-order valence-corrected chi connectivity index (χ3v) is 2.46. The van der Waals surface area contributed by atoms with Gasteiger partial charge in [0.25, 0.3) is 5.69 Å². The number of carbonyl (C=O) groups is 1. The molecule has 0 fully saturated rings. The minimum absolute atomic E-state index is 0.0156. The summed E-state index contributed by atoms with van der Waals surface area (Å²) in [4.78, 5) is 21.4. The van der Waals surface area contributed by atoms with Crippen molar-refractivity contribution in [2.24, 2.45) is 0 Å². The molecule has 0 spiro atoms.